The highest BCUT2D eigenvalue weighted by Crippen LogP contribution is 2.09. The third kappa shape index (κ3) is 4.75. The first-order valence-corrected chi connectivity index (χ1v) is 6.32. The Balaban J connectivity index is 2.48. The van der Waals surface area contributed by atoms with Gasteiger partial charge in [-0.15, -0.1) is 0 Å². The van der Waals surface area contributed by atoms with E-state index in [2.05, 4.69) is 17.6 Å². The van der Waals surface area contributed by atoms with Gasteiger partial charge in [0.05, 0.1) is 6.10 Å². The molecule has 1 aromatic carbocycles. The fraction of sp³-hybridized carbons (Fsp3) is 0.500. The zero-order chi connectivity index (χ0) is 13.4. The van der Waals surface area contributed by atoms with Crippen molar-refractivity contribution in [2.45, 2.75) is 26.4 Å². The van der Waals surface area contributed by atoms with Gasteiger partial charge in [-0.3, -0.25) is 4.79 Å². The zero-order valence-electron chi connectivity index (χ0n) is 11.3. The lowest BCUT2D eigenvalue weighted by Gasteiger charge is -2.11. The van der Waals surface area contributed by atoms with Gasteiger partial charge in [0.25, 0.3) is 5.91 Å². The summed E-state index contributed by atoms with van der Waals surface area (Å²) in [5.74, 6) is -0.0686. The van der Waals surface area contributed by atoms with Crippen molar-refractivity contribution >= 4 is 11.6 Å². The number of hydrogen-bond acceptors (Lipinski definition) is 3. The van der Waals surface area contributed by atoms with Crippen molar-refractivity contribution in [2.75, 3.05) is 25.5 Å². The molecule has 1 rings (SSSR count). The quantitative estimate of drug-likeness (QED) is 0.780. The highest BCUT2D eigenvalue weighted by atomic mass is 16.5. The Morgan fingerprint density at radius 1 is 1.33 bits per heavy atom. The number of nitrogens with one attached hydrogen (secondary N) is 2. The van der Waals surface area contributed by atoms with Gasteiger partial charge in [-0.1, -0.05) is 6.92 Å². The topological polar surface area (TPSA) is 50.4 Å². The number of ether oxygens (including phenoxy) is 1. The van der Waals surface area contributed by atoms with Crippen molar-refractivity contribution in [3.8, 4) is 0 Å². The van der Waals surface area contributed by atoms with Gasteiger partial charge in [0.1, 0.15) is 0 Å². The van der Waals surface area contributed by atoms with Crippen molar-refractivity contribution in [1.29, 1.82) is 0 Å². The van der Waals surface area contributed by atoms with E-state index >= 15 is 0 Å². The second-order valence-electron chi connectivity index (χ2n) is 4.26. The van der Waals surface area contributed by atoms with Crippen LogP contribution in [0.5, 0.6) is 0 Å². The SMILES string of the molecule is CCCNc1ccc(C(=O)NCC(C)OC)cc1. The van der Waals surface area contributed by atoms with Gasteiger partial charge >= 0.3 is 0 Å². The summed E-state index contributed by atoms with van der Waals surface area (Å²) >= 11 is 0. The van der Waals surface area contributed by atoms with E-state index in [0.29, 0.717) is 12.1 Å². The van der Waals surface area contributed by atoms with E-state index in [1.165, 1.54) is 0 Å². The van der Waals surface area contributed by atoms with Crippen LogP contribution in [0.4, 0.5) is 5.69 Å². The number of hydrogen-bond donors (Lipinski definition) is 2. The molecule has 0 bridgehead atoms. The number of carbonyl (C=O) groups excluding carboxylic acids is 1. The van der Waals surface area contributed by atoms with Crippen LogP contribution in [0.2, 0.25) is 0 Å². The lowest BCUT2D eigenvalue weighted by atomic mass is 10.2. The number of methoxy groups -OCH3 is 1. The predicted octanol–water partition coefficient (Wildman–Crippen LogP) is 2.27. The van der Waals surface area contributed by atoms with Gasteiger partial charge in [0, 0.05) is 31.5 Å². The molecule has 0 saturated heterocycles. The highest BCUT2D eigenvalue weighted by Gasteiger charge is 2.06. The van der Waals surface area contributed by atoms with Crippen LogP contribution in [-0.2, 0) is 4.74 Å². The molecule has 18 heavy (non-hydrogen) atoms. The molecular formula is C14H22N2O2. The lowest BCUT2D eigenvalue weighted by molar-refractivity contribution is 0.0870. The summed E-state index contributed by atoms with van der Waals surface area (Å²) in [5.41, 5.74) is 1.71. The second kappa shape index (κ2) is 7.71. The largest absolute Gasteiger partial charge is 0.385 e. The molecule has 0 heterocycles. The van der Waals surface area contributed by atoms with E-state index in [1.807, 2.05) is 31.2 Å². The standard InChI is InChI=1S/C14H22N2O2/c1-4-9-15-13-7-5-12(6-8-13)14(17)16-10-11(2)18-3/h5-8,11,15H,4,9-10H2,1-3H3,(H,16,17). The van der Waals surface area contributed by atoms with E-state index in [1.54, 1.807) is 7.11 Å². The summed E-state index contributed by atoms with van der Waals surface area (Å²) in [6, 6.07) is 7.49. The van der Waals surface area contributed by atoms with E-state index in [-0.39, 0.29) is 12.0 Å². The van der Waals surface area contributed by atoms with E-state index in [4.69, 9.17) is 4.74 Å². The molecule has 1 atom stereocenters. The minimum atomic E-state index is -0.0686. The first-order valence-electron chi connectivity index (χ1n) is 6.32. The molecule has 0 aliphatic carbocycles. The Bertz CT molecular complexity index is 363. The number of benzene rings is 1. The first-order chi connectivity index (χ1) is 8.67. The molecule has 1 aromatic rings. The maximum atomic E-state index is 11.8. The third-order valence-corrected chi connectivity index (χ3v) is 2.68. The fourth-order valence-electron chi connectivity index (χ4n) is 1.43. The predicted molar refractivity (Wildman–Crippen MR) is 74.0 cm³/mol. The van der Waals surface area contributed by atoms with E-state index in [0.717, 1.165) is 18.7 Å². The maximum absolute atomic E-state index is 11.8. The summed E-state index contributed by atoms with van der Waals surface area (Å²) in [7, 11) is 1.63. The first kappa shape index (κ1) is 14.5. The van der Waals surface area contributed by atoms with Gasteiger partial charge in [0.2, 0.25) is 0 Å². The molecule has 2 N–H and O–H groups in total. The van der Waals surface area contributed by atoms with Crippen LogP contribution in [0.25, 0.3) is 0 Å². The average Bonchev–Trinajstić information content (AvgIpc) is 2.42. The second-order valence-corrected chi connectivity index (χ2v) is 4.26. The van der Waals surface area contributed by atoms with E-state index < -0.39 is 0 Å². The Morgan fingerprint density at radius 3 is 2.56 bits per heavy atom. The van der Waals surface area contributed by atoms with Crippen LogP contribution in [0.15, 0.2) is 24.3 Å². The van der Waals surface area contributed by atoms with Crippen LogP contribution in [-0.4, -0.2) is 32.2 Å². The molecule has 0 aliphatic rings. The molecule has 0 spiro atoms. The minimum absolute atomic E-state index is 0.0273. The molecule has 0 saturated carbocycles. The summed E-state index contributed by atoms with van der Waals surface area (Å²) in [6.45, 7) is 5.49. The molecule has 0 fully saturated rings. The van der Waals surface area contributed by atoms with Crippen LogP contribution in [0.1, 0.15) is 30.6 Å². The van der Waals surface area contributed by atoms with E-state index in [9.17, 15) is 4.79 Å². The average molecular weight is 250 g/mol. The molecule has 0 radical (unpaired) electrons. The molecule has 0 aromatic heterocycles. The van der Waals surface area contributed by atoms with Crippen LogP contribution in [0.3, 0.4) is 0 Å². The minimum Gasteiger partial charge on any atom is -0.385 e. The van der Waals surface area contributed by atoms with Gasteiger partial charge < -0.3 is 15.4 Å². The zero-order valence-corrected chi connectivity index (χ0v) is 11.3. The summed E-state index contributed by atoms with van der Waals surface area (Å²) < 4.78 is 5.08. The number of carbonyl (C=O) groups is 1. The van der Waals surface area contributed by atoms with Gasteiger partial charge in [-0.25, -0.2) is 0 Å². The Labute approximate surface area is 109 Å². The summed E-state index contributed by atoms with van der Waals surface area (Å²) in [5, 5.41) is 6.10. The smallest absolute Gasteiger partial charge is 0.251 e. The van der Waals surface area contributed by atoms with Crippen molar-refractivity contribution in [3.63, 3.8) is 0 Å². The van der Waals surface area contributed by atoms with Gasteiger partial charge in [0.15, 0.2) is 0 Å². The number of rotatable bonds is 7. The highest BCUT2D eigenvalue weighted by molar-refractivity contribution is 5.94. The maximum Gasteiger partial charge on any atom is 0.251 e. The normalized spacial score (nSPS) is 11.9. The monoisotopic (exact) mass is 250 g/mol. The third-order valence-electron chi connectivity index (χ3n) is 2.68. The van der Waals surface area contributed by atoms with Crippen molar-refractivity contribution in [3.05, 3.63) is 29.8 Å². The summed E-state index contributed by atoms with van der Waals surface area (Å²) in [4.78, 5) is 11.8. The lowest BCUT2D eigenvalue weighted by Crippen LogP contribution is -2.31. The Morgan fingerprint density at radius 2 is 2.00 bits per heavy atom. The Kier molecular flexibility index (Phi) is 6.22. The van der Waals surface area contributed by atoms with Crippen LogP contribution < -0.4 is 10.6 Å². The van der Waals surface area contributed by atoms with Crippen molar-refractivity contribution < 1.29 is 9.53 Å². The molecule has 100 valence electrons. The fourth-order valence-corrected chi connectivity index (χ4v) is 1.43. The molecule has 0 aliphatic heterocycles. The van der Waals surface area contributed by atoms with Crippen molar-refractivity contribution in [2.24, 2.45) is 0 Å². The number of amides is 1. The molecule has 4 heteroatoms. The number of anilines is 1. The van der Waals surface area contributed by atoms with Crippen molar-refractivity contribution in [1.82, 2.24) is 5.32 Å². The summed E-state index contributed by atoms with van der Waals surface area (Å²) in [6.07, 6.45) is 1.11. The molecule has 1 amide bonds. The van der Waals surface area contributed by atoms with Crippen LogP contribution >= 0.6 is 0 Å². The Hall–Kier alpha value is -1.55. The molecule has 4 nitrogen and oxygen atoms in total. The van der Waals surface area contributed by atoms with Gasteiger partial charge in [-0.05, 0) is 37.6 Å². The molecule has 1 unspecified atom stereocenters. The van der Waals surface area contributed by atoms with Crippen LogP contribution in [0, 0.1) is 0 Å². The van der Waals surface area contributed by atoms with Gasteiger partial charge in [-0.2, -0.15) is 0 Å². The molecular weight excluding hydrogens is 228 g/mol.